The zero-order valence-electron chi connectivity index (χ0n) is 29.7. The number of hydrogen-bond acceptors (Lipinski definition) is 2. The molecule has 0 fully saturated rings. The third-order valence-corrected chi connectivity index (χ3v) is 8.36. The monoisotopic (exact) mass is 1120 g/mol. The molecule has 0 amide bonds. The van der Waals surface area contributed by atoms with E-state index in [-0.39, 0.29) is 0 Å². The number of hydrogen-bond donors (Lipinski definition) is 0. The highest BCUT2D eigenvalue weighted by atomic mass is 19.4. The molecule has 406 valence electrons. The van der Waals surface area contributed by atoms with Crippen molar-refractivity contribution in [2.45, 2.75) is 132 Å². The number of carbonyl (C=O) groups is 1. The Morgan fingerprint density at radius 3 is 0.544 bits per heavy atom. The molecule has 0 N–H and O–H groups in total. The highest BCUT2D eigenvalue weighted by Gasteiger charge is 3.03. The number of rotatable bonds is 21. The second-order valence-corrected chi connectivity index (χ2v) is 12.7. The molecule has 0 aliphatic heterocycles. The van der Waals surface area contributed by atoms with Crippen LogP contribution in [0.4, 0.5) is 180 Å². The van der Waals surface area contributed by atoms with Gasteiger partial charge in [0.1, 0.15) is 0 Å². The summed E-state index contributed by atoms with van der Waals surface area (Å²) in [5.41, 5.74) is -1.66. The number of halogens is 41. The van der Waals surface area contributed by atoms with Crippen molar-refractivity contribution in [2.75, 3.05) is 0 Å². The lowest BCUT2D eigenvalue weighted by Crippen LogP contribution is -2.80. The van der Waals surface area contributed by atoms with Gasteiger partial charge in [0.25, 0.3) is 0 Å². The van der Waals surface area contributed by atoms with E-state index in [1.54, 1.807) is 0 Å². The van der Waals surface area contributed by atoms with Crippen LogP contribution in [0.3, 0.4) is 0 Å². The summed E-state index contributed by atoms with van der Waals surface area (Å²) in [4.78, 5) is 11.1. The van der Waals surface area contributed by atoms with Crippen LogP contribution in [0.2, 0.25) is 0 Å². The highest BCUT2D eigenvalue weighted by Crippen LogP contribution is 2.71. The minimum atomic E-state index is -10.7. The van der Waals surface area contributed by atoms with E-state index in [0.717, 1.165) is 0 Å². The van der Waals surface area contributed by atoms with Gasteiger partial charge in [-0.25, -0.2) is 4.79 Å². The van der Waals surface area contributed by atoms with E-state index in [4.69, 9.17) is 0 Å². The Balaban J connectivity index is 7.98. The first-order valence-corrected chi connectivity index (χ1v) is 14.8. The molecule has 0 heterocycles. The average Bonchev–Trinajstić information content (AvgIpc) is 3.11. The molecule has 0 saturated heterocycles. The topological polar surface area (TPSA) is 26.3 Å². The lowest BCUT2D eigenvalue weighted by molar-refractivity contribution is -0.497. The van der Waals surface area contributed by atoms with E-state index in [1.807, 2.05) is 0 Å². The zero-order chi connectivity index (χ0) is 56.6. The summed E-state index contributed by atoms with van der Waals surface area (Å²) in [6.07, 6.45) is -17.6. The van der Waals surface area contributed by atoms with E-state index in [9.17, 15) is 185 Å². The van der Waals surface area contributed by atoms with Crippen molar-refractivity contribution >= 4 is 5.97 Å². The molecule has 0 saturated carbocycles. The summed E-state index contributed by atoms with van der Waals surface area (Å²) in [7, 11) is 0. The van der Waals surface area contributed by atoms with Crippen molar-refractivity contribution in [3.8, 4) is 0 Å². The van der Waals surface area contributed by atoms with Crippen LogP contribution in [0.25, 0.3) is 0 Å². The van der Waals surface area contributed by atoms with E-state index < -0.39 is 137 Å². The van der Waals surface area contributed by atoms with Gasteiger partial charge in [0.05, 0.1) is 0 Å². The number of alkyl halides is 41. The largest absolute Gasteiger partial charge is 0.473 e. The molecule has 0 aromatic heterocycles. The van der Waals surface area contributed by atoms with E-state index in [0.29, 0.717) is 6.92 Å². The first kappa shape index (κ1) is 64.3. The van der Waals surface area contributed by atoms with Gasteiger partial charge in [-0.05, 0) is 6.42 Å². The van der Waals surface area contributed by atoms with Crippen molar-refractivity contribution in [2.24, 2.45) is 0 Å². The molecule has 2 nitrogen and oxygen atoms in total. The van der Waals surface area contributed by atoms with Crippen molar-refractivity contribution in [1.29, 1.82) is 0 Å². The second kappa shape index (κ2) is 15.9. The maximum Gasteiger partial charge on any atom is 0.473 e. The smallest absolute Gasteiger partial charge is 0.393 e. The molecule has 0 aromatic carbocycles. The van der Waals surface area contributed by atoms with Crippen LogP contribution in [-0.2, 0) is 9.53 Å². The van der Waals surface area contributed by atoms with Gasteiger partial charge in [0.15, 0.2) is 0 Å². The molecule has 0 bridgehead atoms. The summed E-state index contributed by atoms with van der Waals surface area (Å²) < 4.78 is 564. The molecule has 0 unspecified atom stereocenters. The first-order valence-electron chi connectivity index (χ1n) is 14.8. The molecule has 0 radical (unpaired) electrons. The third-order valence-electron chi connectivity index (χ3n) is 8.36. The molecular weight excluding hydrogens is 1110 g/mol. The lowest BCUT2D eigenvalue weighted by atomic mass is 9.82. The highest BCUT2D eigenvalue weighted by molar-refractivity contribution is 5.87. The Bertz CT molecular complexity index is 1880. The summed E-state index contributed by atoms with van der Waals surface area (Å²) in [6, 6.07) is 0. The van der Waals surface area contributed by atoms with Crippen LogP contribution < -0.4 is 0 Å². The number of carbonyl (C=O) groups excluding carboxylic acids is 1. The summed E-state index contributed by atoms with van der Waals surface area (Å²) in [6.45, 7) is 2.88. The summed E-state index contributed by atoms with van der Waals surface area (Å²) in [5, 5.41) is 0. The quantitative estimate of drug-likeness (QED) is 0.0650. The van der Waals surface area contributed by atoms with E-state index in [2.05, 4.69) is 11.3 Å². The number of esters is 1. The fraction of sp³-hybridized carbons (Fsp3) is 0.880. The molecule has 43 heteroatoms. The molecule has 0 rings (SSSR count). The maximum atomic E-state index is 14.1. The van der Waals surface area contributed by atoms with Crippen molar-refractivity contribution < 1.29 is 190 Å². The minimum absolute atomic E-state index is 0.568. The van der Waals surface area contributed by atoms with Gasteiger partial charge in [-0.3, -0.25) is 0 Å². The van der Waals surface area contributed by atoms with Crippen molar-refractivity contribution in [3.63, 3.8) is 0 Å². The Morgan fingerprint density at radius 1 is 0.279 bits per heavy atom. The van der Waals surface area contributed by atoms with Crippen LogP contribution in [0, 0.1) is 0 Å². The Labute approximate surface area is 341 Å². The van der Waals surface area contributed by atoms with Crippen LogP contribution in [0.15, 0.2) is 12.2 Å². The second-order valence-electron chi connectivity index (χ2n) is 12.7. The predicted molar refractivity (Wildman–Crippen MR) is 126 cm³/mol. The standard InChI is InChI=1S/C25H7F41O2/c1-3-4(2)5(67)68-25(65,66)23(60,61)21(56,57)19(52,53)17(48,49)15(44,45)13(40,41)11(36,37)9(32,33)7(28,29)6(26,27)8(30,31)10(34,35)12(38,39)14(42,43)16(46,47)18(50,51)20(54,55)22(58,59)24(62,63)64/h2-3H2,1H3. The molecule has 68 heavy (non-hydrogen) atoms. The van der Waals surface area contributed by atoms with Gasteiger partial charge in [-0.2, -0.15) is 180 Å². The SMILES string of the molecule is C=C(CC)C(=O)OC(F)(F)C(F)(F)C(F)(F)C(F)(F)C(F)(F)C(F)(F)C(F)(F)C(F)(F)C(F)(F)C(F)(F)C(F)(F)C(F)(F)C(F)(F)C(F)(F)C(F)(F)C(F)(F)C(F)(F)C(F)(F)C(F)(F)C(F)(F)F. The zero-order valence-corrected chi connectivity index (χ0v) is 29.7. The Hall–Kier alpha value is -3.66. The lowest BCUT2D eigenvalue weighted by Gasteiger charge is -2.47. The van der Waals surface area contributed by atoms with Gasteiger partial charge >= 0.3 is 125 Å². The minimum Gasteiger partial charge on any atom is -0.393 e. The van der Waals surface area contributed by atoms with Crippen LogP contribution in [-0.4, -0.2) is 125 Å². The van der Waals surface area contributed by atoms with Crippen molar-refractivity contribution in [3.05, 3.63) is 12.2 Å². The average molecular weight is 1120 g/mol. The molecule has 0 aliphatic rings. The van der Waals surface area contributed by atoms with Crippen molar-refractivity contribution in [1.82, 2.24) is 0 Å². The molecule has 0 spiro atoms. The van der Waals surface area contributed by atoms with Crippen LogP contribution in [0.5, 0.6) is 0 Å². The van der Waals surface area contributed by atoms with E-state index in [1.165, 1.54) is 0 Å². The van der Waals surface area contributed by atoms with E-state index >= 15 is 0 Å². The predicted octanol–water partition coefficient (Wildman–Crippen LogP) is 14.1. The molecular formula is C25H7F41O2. The number of ether oxygens (including phenoxy) is 1. The molecule has 0 atom stereocenters. The Kier molecular flexibility index (Phi) is 15.1. The summed E-state index contributed by atoms with van der Waals surface area (Å²) >= 11 is 0. The molecule has 0 aromatic rings. The van der Waals surface area contributed by atoms with Gasteiger partial charge < -0.3 is 4.74 Å². The van der Waals surface area contributed by atoms with Gasteiger partial charge in [-0.1, -0.05) is 13.5 Å². The third kappa shape index (κ3) is 7.37. The van der Waals surface area contributed by atoms with Crippen LogP contribution >= 0.6 is 0 Å². The van der Waals surface area contributed by atoms with Gasteiger partial charge in [0, 0.05) is 5.57 Å². The summed E-state index contributed by atoms with van der Waals surface area (Å²) in [5.74, 6) is -186. The normalized spacial score (nSPS) is 16.9. The van der Waals surface area contributed by atoms with Gasteiger partial charge in [0.2, 0.25) is 0 Å². The fourth-order valence-electron chi connectivity index (χ4n) is 3.91. The maximum absolute atomic E-state index is 14.1. The van der Waals surface area contributed by atoms with Gasteiger partial charge in [-0.15, -0.1) is 0 Å². The van der Waals surface area contributed by atoms with Crippen LogP contribution in [0.1, 0.15) is 13.3 Å². The Morgan fingerprint density at radius 2 is 0.412 bits per heavy atom. The molecule has 0 aliphatic carbocycles. The first-order chi connectivity index (χ1) is 28.6. The fourth-order valence-corrected chi connectivity index (χ4v) is 3.91.